The Bertz CT molecular complexity index is 1030. The van der Waals surface area contributed by atoms with E-state index in [9.17, 15) is 19.7 Å². The number of nitro groups is 1. The summed E-state index contributed by atoms with van der Waals surface area (Å²) in [6.45, 7) is 2.44. The lowest BCUT2D eigenvalue weighted by atomic mass is 10.1. The summed E-state index contributed by atoms with van der Waals surface area (Å²) in [4.78, 5) is 39.9. The van der Waals surface area contributed by atoms with Gasteiger partial charge in [0.2, 0.25) is 5.91 Å². The second-order valence-corrected chi connectivity index (χ2v) is 8.43. The number of hydrogen-bond donors (Lipinski definition) is 2. The molecule has 32 heavy (non-hydrogen) atoms. The molecule has 0 unspecified atom stereocenters. The van der Waals surface area contributed by atoms with Crippen LogP contribution in [0.1, 0.15) is 23.2 Å². The minimum Gasteiger partial charge on any atom is -0.363 e. The fraction of sp³-hybridized carbons (Fsp3) is 0.364. The highest BCUT2D eigenvalue weighted by Gasteiger charge is 2.26. The topological polar surface area (TPSA) is 108 Å². The van der Waals surface area contributed by atoms with Gasteiger partial charge in [-0.05, 0) is 37.1 Å². The van der Waals surface area contributed by atoms with Crippen molar-refractivity contribution in [3.8, 4) is 0 Å². The van der Waals surface area contributed by atoms with Crippen LogP contribution in [0.4, 0.5) is 17.1 Å². The van der Waals surface area contributed by atoms with E-state index in [2.05, 4.69) is 10.6 Å². The van der Waals surface area contributed by atoms with E-state index >= 15 is 0 Å². The maximum atomic E-state index is 12.6. The van der Waals surface area contributed by atoms with E-state index in [1.165, 1.54) is 6.07 Å². The Morgan fingerprint density at radius 3 is 2.50 bits per heavy atom. The molecule has 2 aliphatic rings. The molecule has 2 N–H and O–H groups in total. The zero-order valence-electron chi connectivity index (χ0n) is 17.4. The van der Waals surface area contributed by atoms with E-state index in [4.69, 9.17) is 11.6 Å². The minimum absolute atomic E-state index is 0.0234. The SMILES string of the molecule is O=C(CN1CCN(c2ccc(Cl)cc2[N+](=O)[O-])CC1)Nc1ccccc1C(=O)NC1CC1. The van der Waals surface area contributed by atoms with Crippen LogP contribution in [0.2, 0.25) is 5.02 Å². The van der Waals surface area contributed by atoms with Gasteiger partial charge in [-0.25, -0.2) is 0 Å². The summed E-state index contributed by atoms with van der Waals surface area (Å²) in [5.74, 6) is -0.385. The monoisotopic (exact) mass is 457 g/mol. The number of carbonyl (C=O) groups is 2. The van der Waals surface area contributed by atoms with E-state index in [-0.39, 0.29) is 30.1 Å². The molecule has 9 nitrogen and oxygen atoms in total. The number of nitrogens with zero attached hydrogens (tertiary/aromatic N) is 3. The number of rotatable bonds is 7. The number of nitrogens with one attached hydrogen (secondary N) is 2. The van der Waals surface area contributed by atoms with Gasteiger partial charge in [0.25, 0.3) is 11.6 Å². The van der Waals surface area contributed by atoms with Crippen molar-refractivity contribution < 1.29 is 14.5 Å². The van der Waals surface area contributed by atoms with Gasteiger partial charge in [-0.2, -0.15) is 0 Å². The van der Waals surface area contributed by atoms with Crippen molar-refractivity contribution in [1.82, 2.24) is 10.2 Å². The highest BCUT2D eigenvalue weighted by atomic mass is 35.5. The maximum absolute atomic E-state index is 12.6. The molecule has 0 atom stereocenters. The third-order valence-electron chi connectivity index (χ3n) is 5.57. The lowest BCUT2D eigenvalue weighted by molar-refractivity contribution is -0.384. The Kier molecular flexibility index (Phi) is 6.57. The second-order valence-electron chi connectivity index (χ2n) is 7.99. The summed E-state index contributed by atoms with van der Waals surface area (Å²) in [7, 11) is 0. The molecule has 1 saturated heterocycles. The lowest BCUT2D eigenvalue weighted by Crippen LogP contribution is -2.48. The molecule has 2 fully saturated rings. The first-order chi connectivity index (χ1) is 15.4. The van der Waals surface area contributed by atoms with Gasteiger partial charge in [0, 0.05) is 43.3 Å². The standard InChI is InChI=1S/C22H24ClN5O4/c23-15-5-8-19(20(13-15)28(31)32)27-11-9-26(10-12-27)14-21(29)25-18-4-2-1-3-17(18)22(30)24-16-6-7-16/h1-5,8,13,16H,6-7,9-12,14H2,(H,24,30)(H,25,29). The Hall–Kier alpha value is -3.17. The highest BCUT2D eigenvalue weighted by molar-refractivity contribution is 6.30. The van der Waals surface area contributed by atoms with Gasteiger partial charge in [0.1, 0.15) is 5.69 Å². The Labute approximate surface area is 190 Å². The van der Waals surface area contributed by atoms with Gasteiger partial charge in [0.15, 0.2) is 0 Å². The van der Waals surface area contributed by atoms with Gasteiger partial charge in [-0.15, -0.1) is 0 Å². The number of hydrogen-bond acceptors (Lipinski definition) is 6. The summed E-state index contributed by atoms with van der Waals surface area (Å²) in [5.41, 5.74) is 1.45. The van der Waals surface area contributed by atoms with Crippen molar-refractivity contribution >= 4 is 40.5 Å². The lowest BCUT2D eigenvalue weighted by Gasteiger charge is -2.35. The zero-order valence-corrected chi connectivity index (χ0v) is 18.2. The molecule has 1 aliphatic carbocycles. The van der Waals surface area contributed by atoms with Gasteiger partial charge in [-0.3, -0.25) is 24.6 Å². The normalized spacial score (nSPS) is 16.5. The van der Waals surface area contributed by atoms with E-state index < -0.39 is 4.92 Å². The molecule has 1 saturated carbocycles. The molecule has 2 aromatic carbocycles. The van der Waals surface area contributed by atoms with Crippen LogP contribution in [0.15, 0.2) is 42.5 Å². The molecule has 0 aromatic heterocycles. The van der Waals surface area contributed by atoms with Crippen LogP contribution < -0.4 is 15.5 Å². The molecule has 1 heterocycles. The van der Waals surface area contributed by atoms with Crippen molar-refractivity contribution in [3.63, 3.8) is 0 Å². The molecular formula is C22H24ClN5O4. The first-order valence-electron chi connectivity index (χ1n) is 10.5. The second kappa shape index (κ2) is 9.54. The molecule has 0 bridgehead atoms. The van der Waals surface area contributed by atoms with Gasteiger partial charge in [-0.1, -0.05) is 23.7 Å². The first-order valence-corrected chi connectivity index (χ1v) is 10.9. The third kappa shape index (κ3) is 5.35. The molecular weight excluding hydrogens is 434 g/mol. The zero-order chi connectivity index (χ0) is 22.7. The number of halogens is 1. The van der Waals surface area contributed by atoms with Gasteiger partial charge < -0.3 is 15.5 Å². The molecule has 2 aromatic rings. The fourth-order valence-corrected chi connectivity index (χ4v) is 3.90. The first kappa shape index (κ1) is 22.0. The van der Waals surface area contributed by atoms with Gasteiger partial charge in [0.05, 0.1) is 22.7 Å². The average molecular weight is 458 g/mol. The van der Waals surface area contributed by atoms with Crippen LogP contribution in [0, 0.1) is 10.1 Å². The summed E-state index contributed by atoms with van der Waals surface area (Å²) in [5, 5.41) is 17.5. The predicted octanol–water partition coefficient (Wildman–Crippen LogP) is 2.90. The van der Waals surface area contributed by atoms with Crippen molar-refractivity contribution in [1.29, 1.82) is 0 Å². The van der Waals surface area contributed by atoms with Crippen molar-refractivity contribution in [2.75, 3.05) is 42.9 Å². The maximum Gasteiger partial charge on any atom is 0.294 e. The van der Waals surface area contributed by atoms with Crippen molar-refractivity contribution in [2.24, 2.45) is 0 Å². The number of para-hydroxylation sites is 1. The minimum atomic E-state index is -0.433. The van der Waals surface area contributed by atoms with Crippen LogP contribution >= 0.6 is 11.6 Å². The molecule has 4 rings (SSSR count). The number of benzene rings is 2. The number of amides is 2. The Balaban J connectivity index is 1.33. The Morgan fingerprint density at radius 1 is 1.09 bits per heavy atom. The smallest absolute Gasteiger partial charge is 0.294 e. The van der Waals surface area contributed by atoms with E-state index in [1.54, 1.807) is 36.4 Å². The quantitative estimate of drug-likeness (QED) is 0.489. The summed E-state index contributed by atoms with van der Waals surface area (Å²) in [6, 6.07) is 11.9. The summed E-state index contributed by atoms with van der Waals surface area (Å²) >= 11 is 5.90. The molecule has 1 aliphatic heterocycles. The Morgan fingerprint density at radius 2 is 1.81 bits per heavy atom. The summed E-state index contributed by atoms with van der Waals surface area (Å²) < 4.78 is 0. The average Bonchev–Trinajstić information content (AvgIpc) is 3.58. The number of anilines is 2. The van der Waals surface area contributed by atoms with Crippen LogP contribution in [-0.2, 0) is 4.79 Å². The summed E-state index contributed by atoms with van der Waals surface area (Å²) in [6.07, 6.45) is 1.98. The van der Waals surface area contributed by atoms with E-state index in [0.717, 1.165) is 12.8 Å². The molecule has 0 spiro atoms. The molecule has 168 valence electrons. The molecule has 10 heteroatoms. The van der Waals surface area contributed by atoms with E-state index in [1.807, 2.05) is 9.80 Å². The number of piperazine rings is 1. The van der Waals surface area contributed by atoms with Crippen molar-refractivity contribution in [2.45, 2.75) is 18.9 Å². The third-order valence-corrected chi connectivity index (χ3v) is 5.81. The van der Waals surface area contributed by atoms with Crippen LogP contribution in [-0.4, -0.2) is 60.4 Å². The van der Waals surface area contributed by atoms with Gasteiger partial charge >= 0.3 is 0 Å². The molecule has 2 amide bonds. The predicted molar refractivity (Wildman–Crippen MR) is 122 cm³/mol. The van der Waals surface area contributed by atoms with E-state index in [0.29, 0.717) is 48.1 Å². The van der Waals surface area contributed by atoms with Crippen molar-refractivity contribution in [3.05, 3.63) is 63.2 Å². The number of nitro benzene ring substituents is 1. The van der Waals surface area contributed by atoms with Crippen LogP contribution in [0.3, 0.4) is 0 Å². The highest BCUT2D eigenvalue weighted by Crippen LogP contribution is 2.31. The fourth-order valence-electron chi connectivity index (χ4n) is 3.73. The molecule has 0 radical (unpaired) electrons. The van der Waals surface area contributed by atoms with Crippen LogP contribution in [0.5, 0.6) is 0 Å². The van der Waals surface area contributed by atoms with Crippen LogP contribution in [0.25, 0.3) is 0 Å². The number of carbonyl (C=O) groups excluding carboxylic acids is 2. The largest absolute Gasteiger partial charge is 0.363 e.